The number of hydrogen-bond acceptors (Lipinski definition) is 2. The van der Waals surface area contributed by atoms with Gasteiger partial charge in [-0.25, -0.2) is 0 Å². The molecule has 1 N–H and O–H groups in total. The minimum absolute atomic E-state index is 0.359. The average Bonchev–Trinajstić information content (AvgIpc) is 2.25. The Labute approximate surface area is 109 Å². The summed E-state index contributed by atoms with van der Waals surface area (Å²) in [4.78, 5) is 0. The molecule has 1 aromatic rings. The first-order valence-electron chi connectivity index (χ1n) is 6.02. The van der Waals surface area contributed by atoms with Crippen LogP contribution in [0.3, 0.4) is 0 Å². The standard InChI is InChI=1S/C14H22ClNO/c1-10(2)14(9-17-4)16-8-12-6-5-11(3)7-13(12)15/h5-7,10,14,16H,8-9H2,1-4H3. The van der Waals surface area contributed by atoms with Gasteiger partial charge in [0, 0.05) is 24.7 Å². The third kappa shape index (κ3) is 4.66. The number of halogens is 1. The van der Waals surface area contributed by atoms with Gasteiger partial charge in [-0.15, -0.1) is 0 Å². The molecular weight excluding hydrogens is 234 g/mol. The van der Waals surface area contributed by atoms with E-state index in [2.05, 4.69) is 31.3 Å². The first kappa shape index (κ1) is 14.5. The molecule has 0 saturated heterocycles. The van der Waals surface area contributed by atoms with E-state index < -0.39 is 0 Å². The zero-order valence-electron chi connectivity index (χ0n) is 11.1. The maximum absolute atomic E-state index is 6.20. The molecule has 0 aliphatic rings. The van der Waals surface area contributed by atoms with Gasteiger partial charge < -0.3 is 10.1 Å². The first-order chi connectivity index (χ1) is 8.04. The first-order valence-corrected chi connectivity index (χ1v) is 6.39. The average molecular weight is 256 g/mol. The molecule has 0 saturated carbocycles. The van der Waals surface area contributed by atoms with E-state index in [-0.39, 0.29) is 0 Å². The number of benzene rings is 1. The van der Waals surface area contributed by atoms with Gasteiger partial charge in [0.1, 0.15) is 0 Å². The summed E-state index contributed by atoms with van der Waals surface area (Å²) in [5, 5.41) is 4.32. The van der Waals surface area contributed by atoms with Gasteiger partial charge in [0.25, 0.3) is 0 Å². The molecule has 0 radical (unpaired) electrons. The Hall–Kier alpha value is -0.570. The lowest BCUT2D eigenvalue weighted by atomic mass is 10.0. The lowest BCUT2D eigenvalue weighted by Gasteiger charge is -2.22. The number of aryl methyl sites for hydroxylation is 1. The molecule has 0 aromatic heterocycles. The molecule has 17 heavy (non-hydrogen) atoms. The summed E-state index contributed by atoms with van der Waals surface area (Å²) in [6, 6.07) is 6.52. The van der Waals surface area contributed by atoms with Crippen molar-refractivity contribution >= 4 is 11.6 Å². The van der Waals surface area contributed by atoms with Crippen LogP contribution in [0.4, 0.5) is 0 Å². The molecule has 1 aromatic carbocycles. The minimum Gasteiger partial charge on any atom is -0.383 e. The summed E-state index contributed by atoms with van der Waals surface area (Å²) in [6.45, 7) is 7.93. The Morgan fingerprint density at radius 3 is 2.59 bits per heavy atom. The summed E-state index contributed by atoms with van der Waals surface area (Å²) < 4.78 is 5.21. The van der Waals surface area contributed by atoms with Crippen LogP contribution in [0.15, 0.2) is 18.2 Å². The maximum Gasteiger partial charge on any atom is 0.0618 e. The quantitative estimate of drug-likeness (QED) is 0.841. The van der Waals surface area contributed by atoms with E-state index in [1.807, 2.05) is 13.0 Å². The van der Waals surface area contributed by atoms with Crippen molar-refractivity contribution in [2.45, 2.75) is 33.4 Å². The van der Waals surface area contributed by atoms with E-state index in [1.165, 1.54) is 5.56 Å². The van der Waals surface area contributed by atoms with E-state index in [1.54, 1.807) is 7.11 Å². The molecule has 0 spiro atoms. The Kier molecular flexibility index (Phi) is 5.96. The minimum atomic E-state index is 0.359. The number of methoxy groups -OCH3 is 1. The molecule has 0 amide bonds. The van der Waals surface area contributed by atoms with Gasteiger partial charge in [0.2, 0.25) is 0 Å². The SMILES string of the molecule is COCC(NCc1ccc(C)cc1Cl)C(C)C. The largest absolute Gasteiger partial charge is 0.383 e. The molecule has 0 aliphatic heterocycles. The van der Waals surface area contributed by atoms with Crippen LogP contribution in [0.2, 0.25) is 5.02 Å². The van der Waals surface area contributed by atoms with Crippen molar-refractivity contribution in [2.75, 3.05) is 13.7 Å². The molecular formula is C14H22ClNO. The highest BCUT2D eigenvalue weighted by molar-refractivity contribution is 6.31. The molecule has 0 aliphatic carbocycles. The second-order valence-electron chi connectivity index (χ2n) is 4.78. The monoisotopic (exact) mass is 255 g/mol. The number of ether oxygens (including phenoxy) is 1. The van der Waals surface area contributed by atoms with Gasteiger partial charge in [-0.1, -0.05) is 37.6 Å². The van der Waals surface area contributed by atoms with Gasteiger partial charge >= 0.3 is 0 Å². The normalized spacial score (nSPS) is 13.1. The predicted molar refractivity (Wildman–Crippen MR) is 73.5 cm³/mol. The Morgan fingerprint density at radius 1 is 1.35 bits per heavy atom. The summed E-state index contributed by atoms with van der Waals surface area (Å²) in [5.74, 6) is 0.541. The fourth-order valence-electron chi connectivity index (χ4n) is 1.70. The van der Waals surface area contributed by atoms with Crippen molar-refractivity contribution in [3.63, 3.8) is 0 Å². The van der Waals surface area contributed by atoms with Crippen LogP contribution in [0.1, 0.15) is 25.0 Å². The van der Waals surface area contributed by atoms with Gasteiger partial charge in [-0.05, 0) is 30.0 Å². The topological polar surface area (TPSA) is 21.3 Å². The predicted octanol–water partition coefficient (Wildman–Crippen LogP) is 3.41. The lowest BCUT2D eigenvalue weighted by Crippen LogP contribution is -2.37. The third-order valence-electron chi connectivity index (χ3n) is 2.91. The zero-order chi connectivity index (χ0) is 12.8. The maximum atomic E-state index is 6.20. The van der Waals surface area contributed by atoms with Gasteiger partial charge in [0.05, 0.1) is 6.61 Å². The molecule has 0 fully saturated rings. The van der Waals surface area contributed by atoms with E-state index in [9.17, 15) is 0 Å². The van der Waals surface area contributed by atoms with Crippen LogP contribution in [0, 0.1) is 12.8 Å². The van der Waals surface area contributed by atoms with E-state index >= 15 is 0 Å². The Balaban J connectivity index is 2.59. The Bertz CT molecular complexity index is 352. The molecule has 0 bridgehead atoms. The van der Waals surface area contributed by atoms with Crippen LogP contribution in [0.25, 0.3) is 0 Å². The molecule has 0 heterocycles. The van der Waals surface area contributed by atoms with Gasteiger partial charge in [-0.3, -0.25) is 0 Å². The van der Waals surface area contributed by atoms with Crippen LogP contribution in [-0.2, 0) is 11.3 Å². The van der Waals surface area contributed by atoms with Gasteiger partial charge in [0.15, 0.2) is 0 Å². The number of hydrogen-bond donors (Lipinski definition) is 1. The van der Waals surface area contributed by atoms with Crippen molar-refractivity contribution in [3.8, 4) is 0 Å². The van der Waals surface area contributed by atoms with Crippen LogP contribution in [0.5, 0.6) is 0 Å². The van der Waals surface area contributed by atoms with E-state index in [0.717, 1.165) is 23.7 Å². The highest BCUT2D eigenvalue weighted by Gasteiger charge is 2.12. The summed E-state index contributed by atoms with van der Waals surface area (Å²) in [7, 11) is 1.73. The number of nitrogens with one attached hydrogen (secondary N) is 1. The summed E-state index contributed by atoms with van der Waals surface area (Å²) >= 11 is 6.20. The third-order valence-corrected chi connectivity index (χ3v) is 3.27. The van der Waals surface area contributed by atoms with Crippen LogP contribution < -0.4 is 5.32 Å². The van der Waals surface area contributed by atoms with Crippen molar-refractivity contribution in [1.82, 2.24) is 5.32 Å². The molecule has 1 atom stereocenters. The smallest absolute Gasteiger partial charge is 0.0618 e. The molecule has 1 rings (SSSR count). The van der Waals surface area contributed by atoms with E-state index in [0.29, 0.717) is 12.0 Å². The molecule has 3 heteroatoms. The summed E-state index contributed by atoms with van der Waals surface area (Å²) in [5.41, 5.74) is 2.33. The Morgan fingerprint density at radius 2 is 2.06 bits per heavy atom. The highest BCUT2D eigenvalue weighted by Crippen LogP contribution is 2.17. The second kappa shape index (κ2) is 7.00. The van der Waals surface area contributed by atoms with E-state index in [4.69, 9.17) is 16.3 Å². The van der Waals surface area contributed by atoms with Crippen molar-refractivity contribution < 1.29 is 4.74 Å². The van der Waals surface area contributed by atoms with Crippen LogP contribution in [-0.4, -0.2) is 19.8 Å². The summed E-state index contributed by atoms with van der Waals surface area (Å²) in [6.07, 6.45) is 0. The number of rotatable bonds is 6. The molecule has 2 nitrogen and oxygen atoms in total. The van der Waals surface area contributed by atoms with Crippen LogP contribution >= 0.6 is 11.6 Å². The lowest BCUT2D eigenvalue weighted by molar-refractivity contribution is 0.146. The highest BCUT2D eigenvalue weighted by atomic mass is 35.5. The van der Waals surface area contributed by atoms with Crippen molar-refractivity contribution in [2.24, 2.45) is 5.92 Å². The second-order valence-corrected chi connectivity index (χ2v) is 5.19. The fourth-order valence-corrected chi connectivity index (χ4v) is 2.01. The fraction of sp³-hybridized carbons (Fsp3) is 0.571. The van der Waals surface area contributed by atoms with Gasteiger partial charge in [-0.2, -0.15) is 0 Å². The zero-order valence-corrected chi connectivity index (χ0v) is 11.8. The molecule has 1 unspecified atom stereocenters. The molecule has 96 valence electrons. The van der Waals surface area contributed by atoms with Crippen molar-refractivity contribution in [1.29, 1.82) is 0 Å². The van der Waals surface area contributed by atoms with Crippen molar-refractivity contribution in [3.05, 3.63) is 34.3 Å².